The predicted octanol–water partition coefficient (Wildman–Crippen LogP) is 4.45. The zero-order chi connectivity index (χ0) is 20.1. The van der Waals surface area contributed by atoms with Crippen molar-refractivity contribution >= 4 is 45.7 Å². The van der Waals surface area contributed by atoms with Gasteiger partial charge in [0.05, 0.1) is 5.75 Å². The van der Waals surface area contributed by atoms with Gasteiger partial charge in [0.2, 0.25) is 11.0 Å². The zero-order valence-corrected chi connectivity index (χ0v) is 17.4. The molecule has 2 N–H and O–H groups in total. The summed E-state index contributed by atoms with van der Waals surface area (Å²) in [6, 6.07) is 13.2. The number of nitrogens with one attached hydrogen (secondary N) is 2. The van der Waals surface area contributed by atoms with Crippen molar-refractivity contribution < 1.29 is 9.59 Å². The van der Waals surface area contributed by atoms with E-state index < -0.39 is 0 Å². The Labute approximate surface area is 171 Å². The molecule has 2 amide bonds. The average molecular weight is 413 g/mol. The minimum Gasteiger partial charge on any atom is -0.325 e. The van der Waals surface area contributed by atoms with E-state index in [0.717, 1.165) is 22.4 Å². The summed E-state index contributed by atoms with van der Waals surface area (Å²) in [7, 11) is 0. The molecule has 6 nitrogen and oxygen atoms in total. The largest absolute Gasteiger partial charge is 0.325 e. The summed E-state index contributed by atoms with van der Waals surface area (Å²) in [6.45, 7) is 5.95. The Bertz CT molecular complexity index is 979. The number of hydrogen-bond donors (Lipinski definition) is 2. The summed E-state index contributed by atoms with van der Waals surface area (Å²) in [6.07, 6.45) is 0. The van der Waals surface area contributed by atoms with Crippen molar-refractivity contribution in [2.75, 3.05) is 16.4 Å². The summed E-state index contributed by atoms with van der Waals surface area (Å²) in [4.78, 5) is 24.4. The van der Waals surface area contributed by atoms with E-state index >= 15 is 0 Å². The fourth-order valence-electron chi connectivity index (χ4n) is 2.56. The van der Waals surface area contributed by atoms with Gasteiger partial charge in [0.15, 0.2) is 4.34 Å². The lowest BCUT2D eigenvalue weighted by molar-refractivity contribution is -0.113. The lowest BCUT2D eigenvalue weighted by atomic mass is 10.1. The van der Waals surface area contributed by atoms with Gasteiger partial charge in [-0.2, -0.15) is 0 Å². The minimum atomic E-state index is -0.236. The highest BCUT2D eigenvalue weighted by Gasteiger charge is 2.12. The molecule has 0 bridgehead atoms. The highest BCUT2D eigenvalue weighted by molar-refractivity contribution is 8.01. The van der Waals surface area contributed by atoms with Gasteiger partial charge < -0.3 is 5.32 Å². The van der Waals surface area contributed by atoms with Crippen LogP contribution >= 0.6 is 23.1 Å². The second-order valence-electron chi connectivity index (χ2n) is 6.41. The van der Waals surface area contributed by atoms with E-state index in [0.29, 0.717) is 15.0 Å². The number of rotatable bonds is 6. The molecule has 0 spiro atoms. The van der Waals surface area contributed by atoms with Gasteiger partial charge in [-0.15, -0.1) is 10.2 Å². The van der Waals surface area contributed by atoms with Crippen LogP contribution < -0.4 is 10.6 Å². The molecule has 0 fully saturated rings. The molecule has 0 saturated carbocycles. The van der Waals surface area contributed by atoms with Gasteiger partial charge >= 0.3 is 0 Å². The van der Waals surface area contributed by atoms with Crippen molar-refractivity contribution in [1.82, 2.24) is 10.2 Å². The Hall–Kier alpha value is -2.71. The number of hydrogen-bond acceptors (Lipinski definition) is 6. The van der Waals surface area contributed by atoms with Crippen LogP contribution in [0, 0.1) is 20.8 Å². The molecule has 0 aliphatic carbocycles. The maximum Gasteiger partial charge on any atom is 0.257 e. The first-order valence-electron chi connectivity index (χ1n) is 8.61. The third-order valence-corrected chi connectivity index (χ3v) is 5.74. The van der Waals surface area contributed by atoms with E-state index in [1.54, 1.807) is 12.1 Å². The number of carbonyl (C=O) groups excluding carboxylic acids is 2. The van der Waals surface area contributed by atoms with Crippen molar-refractivity contribution in [1.29, 1.82) is 0 Å². The van der Waals surface area contributed by atoms with Crippen LogP contribution in [0.5, 0.6) is 0 Å². The summed E-state index contributed by atoms with van der Waals surface area (Å²) in [5.74, 6) is -0.135. The fourth-order valence-corrected chi connectivity index (χ4v) is 4.11. The number of benzene rings is 2. The highest BCUT2D eigenvalue weighted by atomic mass is 32.2. The van der Waals surface area contributed by atoms with Crippen LogP contribution in [0.3, 0.4) is 0 Å². The lowest BCUT2D eigenvalue weighted by Gasteiger charge is -2.06. The van der Waals surface area contributed by atoms with Crippen molar-refractivity contribution in [3.8, 4) is 0 Å². The minimum absolute atomic E-state index is 0.115. The molecule has 0 aliphatic rings. The molecular formula is C20H20N4O2S2. The fraction of sp³-hybridized carbons (Fsp3) is 0.200. The van der Waals surface area contributed by atoms with Gasteiger partial charge in [-0.25, -0.2) is 0 Å². The van der Waals surface area contributed by atoms with Crippen LogP contribution in [0.25, 0.3) is 0 Å². The second-order valence-corrected chi connectivity index (χ2v) is 8.61. The molecule has 144 valence electrons. The summed E-state index contributed by atoms with van der Waals surface area (Å²) in [5, 5.41) is 14.0. The number of amides is 2. The Morgan fingerprint density at radius 1 is 0.929 bits per heavy atom. The molecule has 8 heteroatoms. The first-order valence-corrected chi connectivity index (χ1v) is 10.4. The lowest BCUT2D eigenvalue weighted by Crippen LogP contribution is -2.14. The topological polar surface area (TPSA) is 84.0 Å². The molecule has 0 saturated heterocycles. The maximum absolute atomic E-state index is 12.2. The van der Waals surface area contributed by atoms with Crippen molar-refractivity contribution in [3.05, 3.63) is 64.7 Å². The molecule has 3 aromatic rings. The van der Waals surface area contributed by atoms with E-state index in [4.69, 9.17) is 0 Å². The smallest absolute Gasteiger partial charge is 0.257 e. The van der Waals surface area contributed by atoms with Gasteiger partial charge in [0, 0.05) is 11.3 Å². The van der Waals surface area contributed by atoms with Crippen LogP contribution in [-0.4, -0.2) is 27.8 Å². The van der Waals surface area contributed by atoms with Gasteiger partial charge in [0.25, 0.3) is 5.91 Å². The number of nitrogens with zero attached hydrogens (tertiary/aromatic N) is 2. The Balaban J connectivity index is 1.52. The monoisotopic (exact) mass is 412 g/mol. The second kappa shape index (κ2) is 8.99. The van der Waals surface area contributed by atoms with Crippen LogP contribution in [0.1, 0.15) is 27.0 Å². The number of aryl methyl sites for hydroxylation is 3. The predicted molar refractivity (Wildman–Crippen MR) is 114 cm³/mol. The number of anilines is 2. The Morgan fingerprint density at radius 2 is 1.61 bits per heavy atom. The quantitative estimate of drug-likeness (QED) is 0.462. The van der Waals surface area contributed by atoms with Crippen LogP contribution in [0.15, 0.2) is 46.8 Å². The van der Waals surface area contributed by atoms with Crippen molar-refractivity contribution in [2.24, 2.45) is 0 Å². The van der Waals surface area contributed by atoms with Gasteiger partial charge in [-0.05, 0) is 56.2 Å². The molecule has 28 heavy (non-hydrogen) atoms. The zero-order valence-electron chi connectivity index (χ0n) is 15.8. The first kappa shape index (κ1) is 20.0. The van der Waals surface area contributed by atoms with Crippen molar-refractivity contribution in [2.45, 2.75) is 25.1 Å². The van der Waals surface area contributed by atoms with E-state index in [9.17, 15) is 9.59 Å². The number of thioether (sulfide) groups is 1. The van der Waals surface area contributed by atoms with Crippen LogP contribution in [-0.2, 0) is 4.79 Å². The first-order chi connectivity index (χ1) is 13.4. The van der Waals surface area contributed by atoms with E-state index in [1.165, 1.54) is 23.1 Å². The molecule has 1 aromatic heterocycles. The third kappa shape index (κ3) is 5.64. The summed E-state index contributed by atoms with van der Waals surface area (Å²) in [5.41, 5.74) is 4.63. The molecule has 1 heterocycles. The van der Waals surface area contributed by atoms with Crippen LogP contribution in [0.2, 0.25) is 0 Å². The van der Waals surface area contributed by atoms with E-state index in [-0.39, 0.29) is 17.6 Å². The number of aromatic nitrogens is 2. The highest BCUT2D eigenvalue weighted by Crippen LogP contribution is 2.26. The standard InChI is InChI=1S/C20H20N4O2S2/c1-12-4-6-15(7-5-12)18(26)22-19-23-24-20(28-19)27-11-17(25)21-16-9-13(2)8-14(3)10-16/h4-10H,11H2,1-3H3,(H,21,25)(H,22,23,26). The third-order valence-electron chi connectivity index (χ3n) is 3.77. The average Bonchev–Trinajstić information content (AvgIpc) is 3.07. The normalized spacial score (nSPS) is 10.5. The summed E-state index contributed by atoms with van der Waals surface area (Å²) >= 11 is 2.52. The van der Waals surface area contributed by atoms with E-state index in [1.807, 2.05) is 45.0 Å². The molecule has 0 atom stereocenters. The Morgan fingerprint density at radius 3 is 2.29 bits per heavy atom. The van der Waals surface area contributed by atoms with Crippen molar-refractivity contribution in [3.63, 3.8) is 0 Å². The molecule has 0 aliphatic heterocycles. The molecular weight excluding hydrogens is 392 g/mol. The van der Waals surface area contributed by atoms with Gasteiger partial charge in [0.1, 0.15) is 0 Å². The maximum atomic E-state index is 12.2. The van der Waals surface area contributed by atoms with Crippen LogP contribution in [0.4, 0.5) is 10.8 Å². The molecule has 3 rings (SSSR count). The van der Waals surface area contributed by atoms with Gasteiger partial charge in [-0.3, -0.25) is 14.9 Å². The Kier molecular flexibility index (Phi) is 6.43. The summed E-state index contributed by atoms with van der Waals surface area (Å²) < 4.78 is 0.620. The SMILES string of the molecule is Cc1ccc(C(=O)Nc2nnc(SCC(=O)Nc3cc(C)cc(C)c3)s2)cc1. The molecule has 0 radical (unpaired) electrons. The van der Waals surface area contributed by atoms with Gasteiger partial charge in [-0.1, -0.05) is 46.9 Å². The molecule has 0 unspecified atom stereocenters. The number of carbonyl (C=O) groups is 2. The molecule has 2 aromatic carbocycles. The van der Waals surface area contributed by atoms with E-state index in [2.05, 4.69) is 26.9 Å².